The van der Waals surface area contributed by atoms with Crippen LogP contribution < -0.4 is 14.5 Å². The second-order valence-electron chi connectivity index (χ2n) is 7.76. The number of para-hydroxylation sites is 2. The largest absolute Gasteiger partial charge is 0.478 e. The van der Waals surface area contributed by atoms with Crippen LogP contribution in [0, 0.1) is 13.8 Å². The second-order valence-corrected chi connectivity index (χ2v) is 7.76. The molecular formula is C23H27N3O3. The summed E-state index contributed by atoms with van der Waals surface area (Å²) in [4.78, 5) is 31.2. The predicted molar refractivity (Wildman–Crippen MR) is 114 cm³/mol. The molecule has 6 nitrogen and oxygen atoms in total. The highest BCUT2D eigenvalue weighted by molar-refractivity contribution is 6.01. The average molecular weight is 393 g/mol. The first kappa shape index (κ1) is 19.3. The van der Waals surface area contributed by atoms with Crippen LogP contribution in [0.2, 0.25) is 0 Å². The van der Waals surface area contributed by atoms with Gasteiger partial charge in [0.2, 0.25) is 5.91 Å². The van der Waals surface area contributed by atoms with E-state index >= 15 is 0 Å². The fourth-order valence-electron chi connectivity index (χ4n) is 4.06. The first-order valence-electron chi connectivity index (χ1n) is 10.1. The summed E-state index contributed by atoms with van der Waals surface area (Å²) >= 11 is 0. The normalized spacial score (nSPS) is 19.1. The number of likely N-dealkylation sites (N-methyl/N-ethyl adjacent to an activating group) is 1. The molecule has 0 spiro atoms. The zero-order valence-corrected chi connectivity index (χ0v) is 17.2. The number of nitrogens with zero attached hydrogens (tertiary/aromatic N) is 3. The van der Waals surface area contributed by atoms with Crippen LogP contribution in [-0.4, -0.2) is 56.0 Å². The minimum atomic E-state index is -0.764. The molecule has 4 rings (SSSR count). The summed E-state index contributed by atoms with van der Waals surface area (Å²) in [7, 11) is 1.73. The molecular weight excluding hydrogens is 366 g/mol. The van der Waals surface area contributed by atoms with Gasteiger partial charge in [-0.25, -0.2) is 0 Å². The number of rotatable bonds is 3. The Balaban J connectivity index is 1.38. The quantitative estimate of drug-likeness (QED) is 0.805. The lowest BCUT2D eigenvalue weighted by atomic mass is 10.1. The lowest BCUT2D eigenvalue weighted by Gasteiger charge is -2.38. The zero-order chi connectivity index (χ0) is 20.5. The predicted octanol–water partition coefficient (Wildman–Crippen LogP) is 2.77. The number of hydrogen-bond acceptors (Lipinski definition) is 4. The molecule has 2 aliphatic heterocycles. The standard InChI is InChI=1S/C23H27N3O3/c1-16-7-6-9-18(17(16)2)25-11-13-26(14-12-25)22(27)15-21-23(28)24(3)19-8-4-5-10-20(19)29-21/h4-10,21H,11-15H2,1-3H3. The van der Waals surface area contributed by atoms with Gasteiger partial charge in [0, 0.05) is 38.9 Å². The minimum Gasteiger partial charge on any atom is -0.478 e. The van der Waals surface area contributed by atoms with E-state index in [0.29, 0.717) is 18.8 Å². The highest BCUT2D eigenvalue weighted by Gasteiger charge is 2.35. The van der Waals surface area contributed by atoms with E-state index in [-0.39, 0.29) is 18.2 Å². The number of anilines is 2. The Bertz CT molecular complexity index is 935. The van der Waals surface area contributed by atoms with Crippen molar-refractivity contribution in [3.8, 4) is 5.75 Å². The van der Waals surface area contributed by atoms with Crippen molar-refractivity contribution in [3.63, 3.8) is 0 Å². The summed E-state index contributed by atoms with van der Waals surface area (Å²) < 4.78 is 5.85. The van der Waals surface area contributed by atoms with Gasteiger partial charge in [0.1, 0.15) is 5.75 Å². The summed E-state index contributed by atoms with van der Waals surface area (Å²) in [6, 6.07) is 13.8. The summed E-state index contributed by atoms with van der Waals surface area (Å²) in [5.41, 5.74) is 4.54. The van der Waals surface area contributed by atoms with Crippen LogP contribution >= 0.6 is 0 Å². The maximum absolute atomic E-state index is 12.9. The minimum absolute atomic E-state index is 0.0308. The smallest absolute Gasteiger partial charge is 0.268 e. The summed E-state index contributed by atoms with van der Waals surface area (Å²) in [5, 5.41) is 0. The van der Waals surface area contributed by atoms with Crippen LogP contribution in [0.4, 0.5) is 11.4 Å². The zero-order valence-electron chi connectivity index (χ0n) is 17.2. The van der Waals surface area contributed by atoms with Gasteiger partial charge in [-0.2, -0.15) is 0 Å². The van der Waals surface area contributed by atoms with Crippen molar-refractivity contribution in [1.29, 1.82) is 0 Å². The van der Waals surface area contributed by atoms with Crippen molar-refractivity contribution >= 4 is 23.2 Å². The lowest BCUT2D eigenvalue weighted by molar-refractivity contribution is -0.138. The van der Waals surface area contributed by atoms with Gasteiger partial charge in [0.15, 0.2) is 6.10 Å². The van der Waals surface area contributed by atoms with E-state index in [1.165, 1.54) is 16.8 Å². The Labute approximate surface area is 171 Å². The Kier molecular flexibility index (Phi) is 5.18. The van der Waals surface area contributed by atoms with Crippen molar-refractivity contribution < 1.29 is 14.3 Å². The number of ether oxygens (including phenoxy) is 1. The maximum Gasteiger partial charge on any atom is 0.268 e. The fraction of sp³-hybridized carbons (Fsp3) is 0.391. The van der Waals surface area contributed by atoms with Crippen molar-refractivity contribution in [1.82, 2.24) is 4.90 Å². The SMILES string of the molecule is Cc1cccc(N2CCN(C(=O)CC3Oc4ccccc4N(C)C3=O)CC2)c1C. The van der Waals surface area contributed by atoms with Gasteiger partial charge in [0.25, 0.3) is 5.91 Å². The molecule has 6 heteroatoms. The maximum atomic E-state index is 12.9. The van der Waals surface area contributed by atoms with Gasteiger partial charge < -0.3 is 19.4 Å². The molecule has 0 bridgehead atoms. The molecule has 0 saturated carbocycles. The van der Waals surface area contributed by atoms with Crippen molar-refractivity contribution in [2.24, 2.45) is 0 Å². The molecule has 1 unspecified atom stereocenters. The summed E-state index contributed by atoms with van der Waals surface area (Å²) in [5.74, 6) is 0.440. The van der Waals surface area contributed by atoms with Gasteiger partial charge in [-0.05, 0) is 43.2 Å². The van der Waals surface area contributed by atoms with Crippen molar-refractivity contribution in [2.45, 2.75) is 26.4 Å². The molecule has 2 aromatic carbocycles. The highest BCUT2D eigenvalue weighted by Crippen LogP contribution is 2.33. The molecule has 152 valence electrons. The van der Waals surface area contributed by atoms with E-state index in [1.807, 2.05) is 29.2 Å². The average Bonchev–Trinajstić information content (AvgIpc) is 2.74. The first-order chi connectivity index (χ1) is 14.0. The van der Waals surface area contributed by atoms with E-state index in [2.05, 4.69) is 36.9 Å². The topological polar surface area (TPSA) is 53.1 Å². The van der Waals surface area contributed by atoms with Gasteiger partial charge >= 0.3 is 0 Å². The van der Waals surface area contributed by atoms with Gasteiger partial charge in [-0.1, -0.05) is 24.3 Å². The third kappa shape index (κ3) is 3.67. The lowest BCUT2D eigenvalue weighted by Crippen LogP contribution is -2.51. The van der Waals surface area contributed by atoms with Crippen LogP contribution in [-0.2, 0) is 9.59 Å². The number of carbonyl (C=O) groups is 2. The number of aryl methyl sites for hydroxylation is 1. The van der Waals surface area contributed by atoms with E-state index in [1.54, 1.807) is 11.9 Å². The Morgan fingerprint density at radius 1 is 1.00 bits per heavy atom. The third-order valence-corrected chi connectivity index (χ3v) is 6.01. The molecule has 2 aromatic rings. The van der Waals surface area contributed by atoms with Crippen LogP contribution in [0.25, 0.3) is 0 Å². The van der Waals surface area contributed by atoms with Gasteiger partial charge in [-0.15, -0.1) is 0 Å². The Morgan fingerprint density at radius 3 is 2.45 bits per heavy atom. The summed E-state index contributed by atoms with van der Waals surface area (Å²) in [6.07, 6.45) is -0.694. The number of fused-ring (bicyclic) bond motifs is 1. The second kappa shape index (κ2) is 7.78. The molecule has 0 aliphatic carbocycles. The molecule has 0 radical (unpaired) electrons. The third-order valence-electron chi connectivity index (χ3n) is 6.01. The van der Waals surface area contributed by atoms with Crippen LogP contribution in [0.5, 0.6) is 5.75 Å². The Morgan fingerprint density at radius 2 is 1.69 bits per heavy atom. The van der Waals surface area contributed by atoms with Crippen LogP contribution in [0.3, 0.4) is 0 Å². The van der Waals surface area contributed by atoms with Crippen molar-refractivity contribution in [3.05, 3.63) is 53.6 Å². The van der Waals surface area contributed by atoms with Gasteiger partial charge in [0.05, 0.1) is 12.1 Å². The fourth-order valence-corrected chi connectivity index (χ4v) is 4.06. The molecule has 1 fully saturated rings. The Hall–Kier alpha value is -3.02. The number of amides is 2. The number of piperazine rings is 1. The van der Waals surface area contributed by atoms with E-state index in [9.17, 15) is 9.59 Å². The summed E-state index contributed by atoms with van der Waals surface area (Å²) in [6.45, 7) is 7.15. The van der Waals surface area contributed by atoms with E-state index in [4.69, 9.17) is 4.74 Å². The van der Waals surface area contributed by atoms with Crippen molar-refractivity contribution in [2.75, 3.05) is 43.0 Å². The molecule has 2 aliphatic rings. The number of carbonyl (C=O) groups excluding carboxylic acids is 2. The molecule has 2 heterocycles. The molecule has 1 atom stereocenters. The van der Waals surface area contributed by atoms with Crippen LogP contribution in [0.15, 0.2) is 42.5 Å². The molecule has 2 amide bonds. The monoisotopic (exact) mass is 393 g/mol. The van der Waals surface area contributed by atoms with Gasteiger partial charge in [-0.3, -0.25) is 9.59 Å². The molecule has 1 saturated heterocycles. The van der Waals surface area contributed by atoms with E-state index < -0.39 is 6.10 Å². The highest BCUT2D eigenvalue weighted by atomic mass is 16.5. The molecule has 0 N–H and O–H groups in total. The number of benzene rings is 2. The van der Waals surface area contributed by atoms with E-state index in [0.717, 1.165) is 18.8 Å². The molecule has 0 aromatic heterocycles. The first-order valence-corrected chi connectivity index (χ1v) is 10.1. The van der Waals surface area contributed by atoms with Crippen LogP contribution in [0.1, 0.15) is 17.5 Å². The number of hydrogen-bond donors (Lipinski definition) is 0. The molecule has 29 heavy (non-hydrogen) atoms.